The summed E-state index contributed by atoms with van der Waals surface area (Å²) in [5.74, 6) is 0.978. The van der Waals surface area contributed by atoms with E-state index in [2.05, 4.69) is 20.8 Å². The number of H-pyrrole nitrogens is 1. The van der Waals surface area contributed by atoms with Gasteiger partial charge in [0, 0.05) is 30.5 Å². The van der Waals surface area contributed by atoms with E-state index in [-0.39, 0.29) is 17.2 Å². The highest BCUT2D eigenvalue weighted by molar-refractivity contribution is 7.90. The van der Waals surface area contributed by atoms with Gasteiger partial charge in [0.25, 0.3) is 0 Å². The van der Waals surface area contributed by atoms with Crippen molar-refractivity contribution in [2.45, 2.75) is 56.3 Å². The number of aryl methyl sites for hydroxylation is 1. The number of benzene rings is 1. The first kappa shape index (κ1) is 23.8. The topological polar surface area (TPSA) is 141 Å². The minimum Gasteiger partial charge on any atom is -0.465 e. The fourth-order valence-corrected chi connectivity index (χ4v) is 5.34. The van der Waals surface area contributed by atoms with E-state index in [1.54, 1.807) is 18.2 Å². The summed E-state index contributed by atoms with van der Waals surface area (Å²) in [5.41, 5.74) is 2.25. The number of hydrogen-bond acceptors (Lipinski definition) is 5. The van der Waals surface area contributed by atoms with E-state index >= 15 is 0 Å². The van der Waals surface area contributed by atoms with Gasteiger partial charge in [0.1, 0.15) is 0 Å². The number of nitrogens with one attached hydrogen (secondary N) is 3. The average Bonchev–Trinajstić information content (AvgIpc) is 3.35. The van der Waals surface area contributed by atoms with Crippen LogP contribution in [-0.2, 0) is 21.1 Å². The molecule has 0 aliphatic heterocycles. The Labute approximate surface area is 187 Å². The van der Waals surface area contributed by atoms with Gasteiger partial charge in [0.05, 0.1) is 11.3 Å². The predicted octanol–water partition coefficient (Wildman–Crippen LogP) is 3.23. The molecule has 1 fully saturated rings. The van der Waals surface area contributed by atoms with Crippen LogP contribution in [0.15, 0.2) is 29.2 Å². The summed E-state index contributed by atoms with van der Waals surface area (Å²) in [5, 5.41) is 21.0. The van der Waals surface area contributed by atoms with Crippen molar-refractivity contribution in [3.63, 3.8) is 0 Å². The summed E-state index contributed by atoms with van der Waals surface area (Å²) in [6.07, 6.45) is 5.01. The van der Waals surface area contributed by atoms with E-state index in [4.69, 9.17) is 5.11 Å². The smallest absolute Gasteiger partial charge is 0.404 e. The third kappa shape index (κ3) is 6.56. The third-order valence-electron chi connectivity index (χ3n) is 5.88. The zero-order valence-corrected chi connectivity index (χ0v) is 19.2. The lowest BCUT2D eigenvalue weighted by atomic mass is 9.98. The zero-order chi connectivity index (χ0) is 23.3. The first-order chi connectivity index (χ1) is 15.1. The minimum atomic E-state index is -3.43. The molecule has 174 valence electrons. The molecule has 1 aliphatic rings. The summed E-state index contributed by atoms with van der Waals surface area (Å²) in [6.45, 7) is 2.28. The number of carbonyl (C=O) groups excluding carboxylic acids is 1. The monoisotopic (exact) mass is 462 g/mol. The molecule has 1 aliphatic carbocycles. The minimum absolute atomic E-state index is 0.0548. The second kappa shape index (κ2) is 10.2. The second-order valence-corrected chi connectivity index (χ2v) is 10.6. The Morgan fingerprint density at radius 3 is 2.75 bits per heavy atom. The summed E-state index contributed by atoms with van der Waals surface area (Å²) < 4.78 is 24.1. The van der Waals surface area contributed by atoms with Crippen LogP contribution in [0.5, 0.6) is 0 Å². The maximum atomic E-state index is 12.5. The number of rotatable bonds is 9. The second-order valence-electron chi connectivity index (χ2n) is 8.57. The third-order valence-corrected chi connectivity index (χ3v) is 7.06. The SMILES string of the molecule is Cc1ccc(CC(=O)Nc2cc(C3CCC(CCCNC(=O)O)C3)[nH]n2)c(S(C)(=O)=O)c1. The Balaban J connectivity index is 1.54. The van der Waals surface area contributed by atoms with E-state index in [1.807, 2.05) is 13.0 Å². The number of anilines is 1. The molecule has 0 radical (unpaired) electrons. The largest absolute Gasteiger partial charge is 0.465 e. The Bertz CT molecular complexity index is 1080. The fourth-order valence-electron chi connectivity index (χ4n) is 4.33. The maximum absolute atomic E-state index is 12.5. The number of carbonyl (C=O) groups is 2. The molecular formula is C22H30N4O5S. The van der Waals surface area contributed by atoms with Crippen LogP contribution in [0.4, 0.5) is 10.6 Å². The number of sulfone groups is 1. The van der Waals surface area contributed by atoms with Gasteiger partial charge in [-0.3, -0.25) is 9.89 Å². The van der Waals surface area contributed by atoms with Gasteiger partial charge in [0.2, 0.25) is 5.91 Å². The van der Waals surface area contributed by atoms with Gasteiger partial charge in [0.15, 0.2) is 15.7 Å². The average molecular weight is 463 g/mol. The van der Waals surface area contributed by atoms with Crippen molar-refractivity contribution in [2.24, 2.45) is 5.92 Å². The van der Waals surface area contributed by atoms with E-state index < -0.39 is 15.9 Å². The predicted molar refractivity (Wildman–Crippen MR) is 121 cm³/mol. The highest BCUT2D eigenvalue weighted by atomic mass is 32.2. The Kier molecular flexibility index (Phi) is 7.55. The Morgan fingerprint density at radius 2 is 2.03 bits per heavy atom. The Hall–Kier alpha value is -2.88. The number of nitrogens with zero attached hydrogens (tertiary/aromatic N) is 1. The van der Waals surface area contributed by atoms with Crippen LogP contribution in [0.3, 0.4) is 0 Å². The molecule has 1 aromatic heterocycles. The molecule has 2 amide bonds. The zero-order valence-electron chi connectivity index (χ0n) is 18.3. The molecule has 2 unspecified atom stereocenters. The van der Waals surface area contributed by atoms with Crippen LogP contribution in [0.2, 0.25) is 0 Å². The van der Waals surface area contributed by atoms with Crippen molar-refractivity contribution in [2.75, 3.05) is 18.1 Å². The number of hydrogen-bond donors (Lipinski definition) is 4. The molecule has 10 heteroatoms. The first-order valence-electron chi connectivity index (χ1n) is 10.7. The van der Waals surface area contributed by atoms with Crippen LogP contribution in [0, 0.1) is 12.8 Å². The molecule has 3 rings (SSSR count). The van der Waals surface area contributed by atoms with E-state index in [1.165, 1.54) is 0 Å². The lowest BCUT2D eigenvalue weighted by molar-refractivity contribution is -0.115. The standard InChI is InChI=1S/C22H30N4O5S/c1-14-5-7-17(19(10-14)32(2,30)31)12-21(27)24-20-13-18(25-26-20)16-8-6-15(11-16)4-3-9-23-22(28)29/h5,7,10,13,15-16,23H,3-4,6,8-9,11-12H2,1-2H3,(H,28,29)(H2,24,25,26,27). The maximum Gasteiger partial charge on any atom is 0.404 e. The van der Waals surface area contributed by atoms with E-state index in [0.717, 1.165) is 49.6 Å². The van der Waals surface area contributed by atoms with Gasteiger partial charge in [-0.1, -0.05) is 12.1 Å². The molecule has 1 aromatic carbocycles. The lowest BCUT2D eigenvalue weighted by Crippen LogP contribution is -2.22. The molecule has 2 atom stereocenters. The molecule has 0 bridgehead atoms. The molecule has 0 spiro atoms. The quantitative estimate of drug-likeness (QED) is 0.422. The molecule has 0 saturated heterocycles. The van der Waals surface area contributed by atoms with E-state index in [0.29, 0.717) is 29.8 Å². The summed E-state index contributed by atoms with van der Waals surface area (Å²) in [6, 6.07) is 6.88. The van der Waals surface area contributed by atoms with Gasteiger partial charge in [-0.25, -0.2) is 13.2 Å². The van der Waals surface area contributed by atoms with Crippen molar-refractivity contribution in [3.05, 3.63) is 41.1 Å². The van der Waals surface area contributed by atoms with Crippen LogP contribution >= 0.6 is 0 Å². The molecule has 4 N–H and O–H groups in total. The summed E-state index contributed by atoms with van der Waals surface area (Å²) in [4.78, 5) is 23.2. The van der Waals surface area contributed by atoms with Crippen molar-refractivity contribution < 1.29 is 23.1 Å². The molecule has 1 heterocycles. The van der Waals surface area contributed by atoms with Crippen molar-refractivity contribution in [3.8, 4) is 0 Å². The van der Waals surface area contributed by atoms with Gasteiger partial charge in [-0.05, 0) is 62.1 Å². The lowest BCUT2D eigenvalue weighted by Gasteiger charge is -2.10. The Morgan fingerprint density at radius 1 is 1.25 bits per heavy atom. The van der Waals surface area contributed by atoms with E-state index in [9.17, 15) is 18.0 Å². The molecule has 9 nitrogen and oxygen atoms in total. The number of aromatic amines is 1. The first-order valence-corrected chi connectivity index (χ1v) is 12.6. The van der Waals surface area contributed by atoms with Gasteiger partial charge in [-0.15, -0.1) is 0 Å². The van der Waals surface area contributed by atoms with Crippen molar-refractivity contribution >= 4 is 27.7 Å². The van der Waals surface area contributed by atoms with Crippen molar-refractivity contribution in [1.29, 1.82) is 0 Å². The highest BCUT2D eigenvalue weighted by Crippen LogP contribution is 2.40. The van der Waals surface area contributed by atoms with Crippen LogP contribution < -0.4 is 10.6 Å². The number of aromatic nitrogens is 2. The van der Waals surface area contributed by atoms with Crippen molar-refractivity contribution in [1.82, 2.24) is 15.5 Å². The summed E-state index contributed by atoms with van der Waals surface area (Å²) in [7, 11) is -3.43. The number of carboxylic acid groups (broad SMARTS) is 1. The molecule has 1 saturated carbocycles. The highest BCUT2D eigenvalue weighted by Gasteiger charge is 2.27. The van der Waals surface area contributed by atoms with Gasteiger partial charge < -0.3 is 15.7 Å². The van der Waals surface area contributed by atoms with Crippen LogP contribution in [0.1, 0.15) is 54.8 Å². The molecular weight excluding hydrogens is 432 g/mol. The van der Waals surface area contributed by atoms with Crippen LogP contribution in [0.25, 0.3) is 0 Å². The van der Waals surface area contributed by atoms with Gasteiger partial charge >= 0.3 is 6.09 Å². The van der Waals surface area contributed by atoms with Gasteiger partial charge in [-0.2, -0.15) is 5.10 Å². The fraction of sp³-hybridized carbons (Fsp3) is 0.500. The normalized spacial score (nSPS) is 18.4. The number of amides is 2. The summed E-state index contributed by atoms with van der Waals surface area (Å²) >= 11 is 0. The molecule has 32 heavy (non-hydrogen) atoms. The molecule has 2 aromatic rings. The van der Waals surface area contributed by atoms with Crippen LogP contribution in [-0.4, -0.2) is 48.5 Å².